The van der Waals surface area contributed by atoms with Crippen molar-refractivity contribution in [1.82, 2.24) is 0 Å². The zero-order chi connectivity index (χ0) is 12.2. The van der Waals surface area contributed by atoms with Gasteiger partial charge in [0.15, 0.2) is 0 Å². The van der Waals surface area contributed by atoms with E-state index in [1.54, 1.807) is 0 Å². The van der Waals surface area contributed by atoms with Gasteiger partial charge in [-0.2, -0.15) is 13.2 Å². The van der Waals surface area contributed by atoms with E-state index in [0.29, 0.717) is 25.7 Å². The smallest absolute Gasteiger partial charge is 0.299 e. The van der Waals surface area contributed by atoms with Crippen molar-refractivity contribution in [3.63, 3.8) is 0 Å². The number of ketones is 1. The van der Waals surface area contributed by atoms with Crippen molar-refractivity contribution in [2.45, 2.75) is 44.7 Å². The van der Waals surface area contributed by atoms with Gasteiger partial charge in [-0.3, -0.25) is 4.79 Å². The first-order valence-corrected chi connectivity index (χ1v) is 5.48. The SMILES string of the molecule is C#CCCC(=O)C1CCC(C(F)(F)F)CC1. The van der Waals surface area contributed by atoms with Gasteiger partial charge in [0.05, 0.1) is 5.92 Å². The Morgan fingerprint density at radius 1 is 1.25 bits per heavy atom. The molecule has 0 radical (unpaired) electrons. The third kappa shape index (κ3) is 3.55. The first-order valence-electron chi connectivity index (χ1n) is 5.48. The van der Waals surface area contributed by atoms with Gasteiger partial charge in [0.1, 0.15) is 5.78 Å². The molecule has 0 N–H and O–H groups in total. The van der Waals surface area contributed by atoms with E-state index in [2.05, 4.69) is 5.92 Å². The quantitative estimate of drug-likeness (QED) is 0.682. The van der Waals surface area contributed by atoms with E-state index >= 15 is 0 Å². The Labute approximate surface area is 93.4 Å². The van der Waals surface area contributed by atoms with Gasteiger partial charge in [-0.05, 0) is 25.7 Å². The van der Waals surface area contributed by atoms with E-state index in [-0.39, 0.29) is 24.5 Å². The number of carbonyl (C=O) groups is 1. The predicted octanol–water partition coefficient (Wildman–Crippen LogP) is 3.34. The highest BCUT2D eigenvalue weighted by molar-refractivity contribution is 5.81. The van der Waals surface area contributed by atoms with Crippen molar-refractivity contribution in [1.29, 1.82) is 0 Å². The second-order valence-electron chi connectivity index (χ2n) is 4.26. The molecule has 0 aromatic heterocycles. The molecule has 1 saturated carbocycles. The minimum atomic E-state index is -4.10. The Bertz CT molecular complexity index is 280. The Morgan fingerprint density at radius 2 is 1.81 bits per heavy atom. The maximum Gasteiger partial charge on any atom is 0.391 e. The summed E-state index contributed by atoms with van der Waals surface area (Å²) >= 11 is 0. The van der Waals surface area contributed by atoms with Crippen LogP contribution in [0.4, 0.5) is 13.2 Å². The van der Waals surface area contributed by atoms with Crippen LogP contribution in [0.15, 0.2) is 0 Å². The Kier molecular flexibility index (Phi) is 4.40. The number of hydrogen-bond donors (Lipinski definition) is 0. The first kappa shape index (κ1) is 13.1. The van der Waals surface area contributed by atoms with E-state index in [4.69, 9.17) is 6.42 Å². The number of alkyl halides is 3. The van der Waals surface area contributed by atoms with Crippen LogP contribution >= 0.6 is 0 Å². The van der Waals surface area contributed by atoms with Gasteiger partial charge >= 0.3 is 6.18 Å². The minimum Gasteiger partial charge on any atom is -0.299 e. The molecule has 0 amide bonds. The van der Waals surface area contributed by atoms with Crippen LogP contribution in [0.25, 0.3) is 0 Å². The standard InChI is InChI=1S/C12H15F3O/c1-2-3-4-11(16)9-5-7-10(8-6-9)12(13,14)15/h1,9-10H,3-8H2. The van der Waals surface area contributed by atoms with Crippen molar-refractivity contribution in [3.8, 4) is 12.3 Å². The van der Waals surface area contributed by atoms with Crippen LogP contribution in [0.2, 0.25) is 0 Å². The molecule has 1 rings (SSSR count). The topological polar surface area (TPSA) is 17.1 Å². The monoisotopic (exact) mass is 232 g/mol. The lowest BCUT2D eigenvalue weighted by Crippen LogP contribution is -2.30. The van der Waals surface area contributed by atoms with Gasteiger partial charge in [0.25, 0.3) is 0 Å². The molecule has 0 bridgehead atoms. The second-order valence-corrected chi connectivity index (χ2v) is 4.26. The summed E-state index contributed by atoms with van der Waals surface area (Å²) in [6, 6.07) is 0. The fourth-order valence-electron chi connectivity index (χ4n) is 2.14. The number of halogens is 3. The molecule has 0 aromatic rings. The van der Waals surface area contributed by atoms with Crippen LogP contribution in [0.3, 0.4) is 0 Å². The van der Waals surface area contributed by atoms with Gasteiger partial charge in [0, 0.05) is 18.8 Å². The molecule has 0 spiro atoms. The van der Waals surface area contributed by atoms with Crippen molar-refractivity contribution < 1.29 is 18.0 Å². The van der Waals surface area contributed by atoms with Crippen molar-refractivity contribution in [3.05, 3.63) is 0 Å². The highest BCUT2D eigenvalue weighted by Crippen LogP contribution is 2.39. The summed E-state index contributed by atoms with van der Waals surface area (Å²) in [7, 11) is 0. The van der Waals surface area contributed by atoms with Crippen molar-refractivity contribution in [2.24, 2.45) is 11.8 Å². The van der Waals surface area contributed by atoms with Crippen LogP contribution in [-0.2, 0) is 4.79 Å². The average Bonchev–Trinajstić information content (AvgIpc) is 2.25. The highest BCUT2D eigenvalue weighted by Gasteiger charge is 2.42. The number of rotatable bonds is 3. The summed E-state index contributed by atoms with van der Waals surface area (Å²) in [4.78, 5) is 11.5. The van der Waals surface area contributed by atoms with Crippen molar-refractivity contribution >= 4 is 5.78 Å². The molecule has 0 atom stereocenters. The molecule has 0 saturated heterocycles. The molecule has 1 aliphatic carbocycles. The lowest BCUT2D eigenvalue weighted by atomic mass is 9.79. The third-order valence-corrected chi connectivity index (χ3v) is 3.16. The van der Waals surface area contributed by atoms with Gasteiger partial charge < -0.3 is 0 Å². The van der Waals surface area contributed by atoms with E-state index in [9.17, 15) is 18.0 Å². The fraction of sp³-hybridized carbons (Fsp3) is 0.750. The third-order valence-electron chi connectivity index (χ3n) is 3.16. The second kappa shape index (κ2) is 5.38. The van der Waals surface area contributed by atoms with Gasteiger partial charge in [-0.15, -0.1) is 12.3 Å². The molecule has 1 fully saturated rings. The number of carbonyl (C=O) groups excluding carboxylic acids is 1. The predicted molar refractivity (Wildman–Crippen MR) is 54.6 cm³/mol. The molecule has 0 aliphatic heterocycles. The zero-order valence-electron chi connectivity index (χ0n) is 9.02. The maximum atomic E-state index is 12.4. The van der Waals surface area contributed by atoms with E-state index in [1.165, 1.54) is 0 Å². The summed E-state index contributed by atoms with van der Waals surface area (Å²) in [5.74, 6) is 0.976. The molecular weight excluding hydrogens is 217 g/mol. The Morgan fingerprint density at radius 3 is 2.25 bits per heavy atom. The number of Topliss-reactive ketones (excluding diaryl/α,β-unsaturated/α-hetero) is 1. The van der Waals surface area contributed by atoms with Gasteiger partial charge in [-0.1, -0.05) is 0 Å². The molecule has 4 heteroatoms. The number of terminal acetylenes is 1. The van der Waals surface area contributed by atoms with Crippen LogP contribution in [0.1, 0.15) is 38.5 Å². The minimum absolute atomic E-state index is 0.0265. The van der Waals surface area contributed by atoms with E-state index < -0.39 is 12.1 Å². The molecular formula is C12H15F3O. The van der Waals surface area contributed by atoms with Crippen LogP contribution in [0.5, 0.6) is 0 Å². The van der Waals surface area contributed by atoms with Crippen molar-refractivity contribution in [2.75, 3.05) is 0 Å². The van der Waals surface area contributed by atoms with E-state index in [1.807, 2.05) is 0 Å². The molecule has 16 heavy (non-hydrogen) atoms. The molecule has 1 nitrogen and oxygen atoms in total. The van der Waals surface area contributed by atoms with Gasteiger partial charge in [0.2, 0.25) is 0 Å². The Hall–Kier alpha value is -0.980. The summed E-state index contributed by atoms with van der Waals surface area (Å²) in [5.41, 5.74) is 0. The lowest BCUT2D eigenvalue weighted by molar-refractivity contribution is -0.184. The molecule has 1 aliphatic rings. The lowest BCUT2D eigenvalue weighted by Gasteiger charge is -2.28. The molecule has 90 valence electrons. The summed E-state index contributed by atoms with van der Waals surface area (Å²) in [5, 5.41) is 0. The van der Waals surface area contributed by atoms with Crippen LogP contribution in [0, 0.1) is 24.2 Å². The average molecular weight is 232 g/mol. The normalized spacial score (nSPS) is 26.1. The van der Waals surface area contributed by atoms with E-state index in [0.717, 1.165) is 0 Å². The van der Waals surface area contributed by atoms with Gasteiger partial charge in [-0.25, -0.2) is 0 Å². The number of hydrogen-bond acceptors (Lipinski definition) is 1. The summed E-state index contributed by atoms with van der Waals surface area (Å²) < 4.78 is 37.1. The first-order chi connectivity index (χ1) is 7.45. The van der Waals surface area contributed by atoms with Crippen LogP contribution in [-0.4, -0.2) is 12.0 Å². The fourth-order valence-corrected chi connectivity index (χ4v) is 2.14. The zero-order valence-corrected chi connectivity index (χ0v) is 9.02. The summed E-state index contributed by atoms with van der Waals surface area (Å²) in [6.07, 6.45) is 2.49. The summed E-state index contributed by atoms with van der Waals surface area (Å²) in [6.45, 7) is 0. The molecule has 0 unspecified atom stereocenters. The van der Waals surface area contributed by atoms with Crippen LogP contribution < -0.4 is 0 Å². The molecule has 0 heterocycles. The largest absolute Gasteiger partial charge is 0.391 e. The molecule has 0 aromatic carbocycles. The Balaban J connectivity index is 2.38. The maximum absolute atomic E-state index is 12.4. The highest BCUT2D eigenvalue weighted by atomic mass is 19.4.